The third-order valence-electron chi connectivity index (χ3n) is 4.51. The number of benzene rings is 1. The number of aryl methyl sites for hydroxylation is 2. The summed E-state index contributed by atoms with van der Waals surface area (Å²) >= 11 is 0. The Morgan fingerprint density at radius 3 is 2.93 bits per heavy atom. The van der Waals surface area contributed by atoms with Gasteiger partial charge < -0.3 is 24.9 Å². The van der Waals surface area contributed by atoms with E-state index in [1.54, 1.807) is 22.5 Å². The minimum atomic E-state index is -0.554. The van der Waals surface area contributed by atoms with E-state index < -0.39 is 4.92 Å². The maximum atomic E-state index is 13.5. The Morgan fingerprint density at radius 1 is 1.48 bits per heavy atom. The van der Waals surface area contributed by atoms with E-state index in [-0.39, 0.29) is 42.4 Å². The first-order chi connectivity index (χ1) is 12.5. The Hall–Kier alpha value is -2.52. The van der Waals surface area contributed by atoms with Crippen molar-refractivity contribution in [1.82, 2.24) is 19.8 Å². The molecule has 0 aliphatic carbocycles. The number of amides is 1. The van der Waals surface area contributed by atoms with Crippen LogP contribution in [0.3, 0.4) is 0 Å². The van der Waals surface area contributed by atoms with Gasteiger partial charge in [0.15, 0.2) is 0 Å². The van der Waals surface area contributed by atoms with Gasteiger partial charge in [-0.15, -0.1) is 12.4 Å². The molecule has 1 N–H and O–H groups in total. The molecule has 1 aromatic heterocycles. The van der Waals surface area contributed by atoms with Gasteiger partial charge in [-0.1, -0.05) is 12.1 Å². The second kappa shape index (κ2) is 8.92. The zero-order valence-electron chi connectivity index (χ0n) is 14.8. The summed E-state index contributed by atoms with van der Waals surface area (Å²) < 4.78 is 15.1. The molecule has 1 unspecified atom stereocenters. The van der Waals surface area contributed by atoms with E-state index in [0.29, 0.717) is 32.0 Å². The highest BCUT2D eigenvalue weighted by atomic mass is 35.5. The molecule has 1 atom stereocenters. The fraction of sp³-hybridized carbons (Fsp3) is 0.412. The predicted molar refractivity (Wildman–Crippen MR) is 99.2 cm³/mol. The lowest BCUT2D eigenvalue weighted by Gasteiger charge is -2.36. The van der Waals surface area contributed by atoms with Crippen molar-refractivity contribution in [3.05, 3.63) is 57.8 Å². The third-order valence-corrected chi connectivity index (χ3v) is 4.51. The topological polar surface area (TPSA) is 93.3 Å². The maximum Gasteiger partial charge on any atom is 0.381 e. The van der Waals surface area contributed by atoms with Crippen molar-refractivity contribution < 1.29 is 14.1 Å². The number of nitrogens with zero attached hydrogens (tertiary/aromatic N) is 4. The van der Waals surface area contributed by atoms with Gasteiger partial charge in [0.1, 0.15) is 12.0 Å². The Balaban J connectivity index is 0.00000261. The molecule has 1 aliphatic rings. The number of carbonyl (C=O) groups excluding carboxylic acids is 1. The lowest BCUT2D eigenvalue weighted by molar-refractivity contribution is -0.389. The van der Waals surface area contributed by atoms with Crippen molar-refractivity contribution in [2.45, 2.75) is 25.9 Å². The quantitative estimate of drug-likeness (QED) is 0.616. The van der Waals surface area contributed by atoms with Crippen LogP contribution in [0, 0.1) is 22.9 Å². The molecule has 1 aromatic carbocycles. The van der Waals surface area contributed by atoms with Crippen LogP contribution in [0.5, 0.6) is 0 Å². The highest BCUT2D eigenvalue weighted by molar-refractivity contribution is 5.85. The summed E-state index contributed by atoms with van der Waals surface area (Å²) in [5.74, 6) is -0.139. The van der Waals surface area contributed by atoms with Crippen LogP contribution in [-0.4, -0.2) is 44.9 Å². The molecule has 1 saturated heterocycles. The number of carbonyl (C=O) groups is 1. The first-order valence-electron chi connectivity index (χ1n) is 8.39. The molecule has 0 radical (unpaired) electrons. The average Bonchev–Trinajstić information content (AvgIpc) is 3.01. The number of aromatic nitrogens is 2. The van der Waals surface area contributed by atoms with Crippen LogP contribution in [0.2, 0.25) is 0 Å². The third kappa shape index (κ3) is 4.81. The number of nitro groups is 1. The molecule has 2 heterocycles. The van der Waals surface area contributed by atoms with E-state index in [0.717, 1.165) is 5.56 Å². The summed E-state index contributed by atoms with van der Waals surface area (Å²) in [4.78, 5) is 28.6. The molecular formula is C17H21ClFN5O3. The Morgan fingerprint density at radius 2 is 2.26 bits per heavy atom. The minimum Gasteiger partial charge on any atom is -0.358 e. The van der Waals surface area contributed by atoms with Crippen molar-refractivity contribution in [2.24, 2.45) is 0 Å². The van der Waals surface area contributed by atoms with Gasteiger partial charge in [-0.25, -0.2) is 4.39 Å². The van der Waals surface area contributed by atoms with E-state index in [4.69, 9.17) is 0 Å². The molecular weight excluding hydrogens is 377 g/mol. The van der Waals surface area contributed by atoms with Crippen molar-refractivity contribution in [1.29, 1.82) is 0 Å². The second-order valence-corrected chi connectivity index (χ2v) is 6.21. The molecule has 1 aliphatic heterocycles. The van der Waals surface area contributed by atoms with Crippen molar-refractivity contribution in [2.75, 3.05) is 19.6 Å². The monoisotopic (exact) mass is 397 g/mol. The standard InChI is InChI=1S/C17H20FN5O3.ClH/c1-12-20-16(23(25)26)11-21(12)7-5-17(24)22-8-6-19-10-15(22)13-3-2-4-14(18)9-13;/h2-4,9,11,15,19H,5-8,10H2,1H3;1H. The predicted octanol–water partition coefficient (Wildman–Crippen LogP) is 2.22. The van der Waals surface area contributed by atoms with E-state index in [1.807, 2.05) is 6.07 Å². The maximum absolute atomic E-state index is 13.5. The van der Waals surface area contributed by atoms with Gasteiger partial charge in [-0.2, -0.15) is 0 Å². The summed E-state index contributed by atoms with van der Waals surface area (Å²) in [5, 5.41) is 14.0. The molecule has 1 amide bonds. The van der Waals surface area contributed by atoms with Gasteiger partial charge in [-0.3, -0.25) is 4.79 Å². The van der Waals surface area contributed by atoms with E-state index in [2.05, 4.69) is 10.3 Å². The molecule has 0 bridgehead atoms. The number of hydrogen-bond acceptors (Lipinski definition) is 5. The van der Waals surface area contributed by atoms with Crippen LogP contribution < -0.4 is 5.32 Å². The smallest absolute Gasteiger partial charge is 0.358 e. The molecule has 3 rings (SSSR count). The molecule has 1 fully saturated rings. The van der Waals surface area contributed by atoms with Crippen LogP contribution >= 0.6 is 12.4 Å². The first kappa shape index (κ1) is 20.8. The normalized spacial score (nSPS) is 16.7. The van der Waals surface area contributed by atoms with E-state index >= 15 is 0 Å². The van der Waals surface area contributed by atoms with Crippen LogP contribution in [0.25, 0.3) is 0 Å². The number of piperazine rings is 1. The molecule has 0 spiro atoms. The molecule has 0 saturated carbocycles. The number of hydrogen-bond donors (Lipinski definition) is 1. The summed E-state index contributed by atoms with van der Waals surface area (Å²) in [7, 11) is 0. The zero-order chi connectivity index (χ0) is 18.7. The van der Waals surface area contributed by atoms with Gasteiger partial charge in [-0.05, 0) is 27.6 Å². The lowest BCUT2D eigenvalue weighted by atomic mass is 10.0. The summed E-state index contributed by atoms with van der Waals surface area (Å²) in [6, 6.07) is 6.03. The minimum absolute atomic E-state index is 0. The fourth-order valence-corrected chi connectivity index (χ4v) is 3.18. The highest BCUT2D eigenvalue weighted by Crippen LogP contribution is 2.24. The van der Waals surface area contributed by atoms with Gasteiger partial charge >= 0.3 is 5.82 Å². The number of imidazole rings is 1. The zero-order valence-corrected chi connectivity index (χ0v) is 15.6. The van der Waals surface area contributed by atoms with Crippen LogP contribution in [0.4, 0.5) is 10.2 Å². The number of halogens is 2. The number of rotatable bonds is 5. The molecule has 146 valence electrons. The second-order valence-electron chi connectivity index (χ2n) is 6.21. The van der Waals surface area contributed by atoms with Gasteiger partial charge in [0, 0.05) is 39.5 Å². The first-order valence-corrected chi connectivity index (χ1v) is 8.39. The molecule has 27 heavy (non-hydrogen) atoms. The van der Waals surface area contributed by atoms with Crippen molar-refractivity contribution in [3.63, 3.8) is 0 Å². The van der Waals surface area contributed by atoms with Crippen molar-refractivity contribution in [3.8, 4) is 0 Å². The Kier molecular flexibility index (Phi) is 6.86. The van der Waals surface area contributed by atoms with Gasteiger partial charge in [0.25, 0.3) is 0 Å². The molecule has 10 heteroatoms. The Labute approximate surface area is 161 Å². The lowest BCUT2D eigenvalue weighted by Crippen LogP contribution is -2.48. The average molecular weight is 398 g/mol. The van der Waals surface area contributed by atoms with Crippen LogP contribution in [0.15, 0.2) is 30.5 Å². The van der Waals surface area contributed by atoms with Crippen LogP contribution in [0.1, 0.15) is 23.9 Å². The SMILES string of the molecule is Cc1nc([N+](=O)[O-])cn1CCC(=O)N1CCNCC1c1cccc(F)c1.Cl. The summed E-state index contributed by atoms with van der Waals surface area (Å²) in [6.45, 7) is 3.74. The largest absolute Gasteiger partial charge is 0.381 e. The van der Waals surface area contributed by atoms with Gasteiger partial charge in [0.2, 0.25) is 11.7 Å². The molecule has 2 aromatic rings. The van der Waals surface area contributed by atoms with Crippen LogP contribution in [-0.2, 0) is 11.3 Å². The summed E-state index contributed by atoms with van der Waals surface area (Å²) in [6.07, 6.45) is 1.53. The Bertz CT molecular complexity index is 829. The van der Waals surface area contributed by atoms with Gasteiger partial charge in [0.05, 0.1) is 6.04 Å². The van der Waals surface area contributed by atoms with E-state index in [9.17, 15) is 19.3 Å². The number of nitrogens with one attached hydrogen (secondary N) is 1. The fourth-order valence-electron chi connectivity index (χ4n) is 3.18. The van der Waals surface area contributed by atoms with Crippen molar-refractivity contribution >= 4 is 24.1 Å². The highest BCUT2D eigenvalue weighted by Gasteiger charge is 2.28. The van der Waals surface area contributed by atoms with E-state index in [1.165, 1.54) is 18.3 Å². The summed E-state index contributed by atoms with van der Waals surface area (Å²) in [5.41, 5.74) is 0.750. The molecule has 8 nitrogen and oxygen atoms in total.